The average Bonchev–Trinajstić information content (AvgIpc) is 2.78. The van der Waals surface area contributed by atoms with Gasteiger partial charge in [-0.25, -0.2) is 4.68 Å². The zero-order valence-corrected chi connectivity index (χ0v) is 15.8. The van der Waals surface area contributed by atoms with Gasteiger partial charge in [-0.15, -0.1) is 0 Å². The van der Waals surface area contributed by atoms with Crippen LogP contribution in [0.2, 0.25) is 5.02 Å². The van der Waals surface area contributed by atoms with Gasteiger partial charge < -0.3 is 4.74 Å². The molecule has 2 aromatic rings. The summed E-state index contributed by atoms with van der Waals surface area (Å²) in [5.41, 5.74) is 3.90. The maximum Gasteiger partial charge on any atom is 0.284 e. The lowest BCUT2D eigenvalue weighted by molar-refractivity contribution is 0.0817. The molecule has 0 atom stereocenters. The predicted octanol–water partition coefficient (Wildman–Crippen LogP) is 4.77. The van der Waals surface area contributed by atoms with Gasteiger partial charge in [0, 0.05) is 10.7 Å². The Labute approximate surface area is 148 Å². The number of aromatic nitrogens is 2. The van der Waals surface area contributed by atoms with E-state index in [4.69, 9.17) is 16.3 Å². The van der Waals surface area contributed by atoms with Crippen LogP contribution in [0.5, 0.6) is 5.75 Å². The summed E-state index contributed by atoms with van der Waals surface area (Å²) in [5.74, 6) is 1.12. The highest BCUT2D eigenvalue weighted by atomic mass is 35.5. The number of aryl methyl sites for hydroxylation is 2. The first-order valence-electron chi connectivity index (χ1n) is 8.26. The molecular formula is C19H25ClN2O2. The van der Waals surface area contributed by atoms with Gasteiger partial charge in [-0.05, 0) is 68.9 Å². The topological polar surface area (TPSA) is 44.1 Å². The molecule has 0 amide bonds. The van der Waals surface area contributed by atoms with Crippen molar-refractivity contribution >= 4 is 17.5 Å². The number of carbonyl (C=O) groups excluding carboxylic acids is 1. The van der Waals surface area contributed by atoms with Gasteiger partial charge in [0.25, 0.3) is 5.91 Å². The smallest absolute Gasteiger partial charge is 0.284 e. The monoisotopic (exact) mass is 348 g/mol. The second-order valence-electron chi connectivity index (χ2n) is 6.59. The zero-order chi connectivity index (χ0) is 17.9. The normalized spacial score (nSPS) is 11.1. The maximum atomic E-state index is 12.5. The molecule has 0 spiro atoms. The van der Waals surface area contributed by atoms with Gasteiger partial charge in [-0.1, -0.05) is 25.4 Å². The lowest BCUT2D eigenvalue weighted by Gasteiger charge is -2.10. The van der Waals surface area contributed by atoms with Gasteiger partial charge in [0.2, 0.25) is 0 Å². The number of nitrogens with zero attached hydrogens (tertiary/aromatic N) is 2. The molecule has 0 fully saturated rings. The van der Waals surface area contributed by atoms with Crippen molar-refractivity contribution in [2.24, 2.45) is 5.92 Å². The molecule has 0 unspecified atom stereocenters. The number of hydrogen-bond acceptors (Lipinski definition) is 3. The van der Waals surface area contributed by atoms with Crippen molar-refractivity contribution in [3.05, 3.63) is 45.7 Å². The molecule has 2 rings (SSSR count). The molecule has 0 aliphatic rings. The van der Waals surface area contributed by atoms with Gasteiger partial charge in [0.05, 0.1) is 5.69 Å². The van der Waals surface area contributed by atoms with Crippen LogP contribution < -0.4 is 4.74 Å². The maximum absolute atomic E-state index is 12.5. The molecule has 1 heterocycles. The molecule has 1 aromatic heterocycles. The van der Waals surface area contributed by atoms with Crippen molar-refractivity contribution in [2.75, 3.05) is 6.61 Å². The van der Waals surface area contributed by atoms with Crippen molar-refractivity contribution in [3.63, 3.8) is 0 Å². The van der Waals surface area contributed by atoms with Crippen LogP contribution in [-0.2, 0) is 6.42 Å². The van der Waals surface area contributed by atoms with E-state index in [2.05, 4.69) is 18.9 Å². The highest BCUT2D eigenvalue weighted by Gasteiger charge is 2.17. The molecule has 0 radical (unpaired) electrons. The summed E-state index contributed by atoms with van der Waals surface area (Å²) in [6, 6.07) is 5.34. The van der Waals surface area contributed by atoms with E-state index in [-0.39, 0.29) is 12.5 Å². The Kier molecular flexibility index (Phi) is 6.05. The molecule has 0 aliphatic carbocycles. The van der Waals surface area contributed by atoms with Crippen molar-refractivity contribution in [3.8, 4) is 5.75 Å². The Morgan fingerprint density at radius 3 is 2.62 bits per heavy atom. The lowest BCUT2D eigenvalue weighted by atomic mass is 10.0. The van der Waals surface area contributed by atoms with E-state index in [1.54, 1.807) is 12.1 Å². The third kappa shape index (κ3) is 4.38. The Balaban J connectivity index is 2.08. The van der Waals surface area contributed by atoms with Crippen LogP contribution in [0.25, 0.3) is 0 Å². The second-order valence-corrected chi connectivity index (χ2v) is 7.02. The summed E-state index contributed by atoms with van der Waals surface area (Å²) in [4.78, 5) is 12.5. The fraction of sp³-hybridized carbons (Fsp3) is 0.474. The van der Waals surface area contributed by atoms with Crippen LogP contribution in [0.3, 0.4) is 0 Å². The SMILES string of the molecule is Cc1cc(Cl)ccc1OCC(=O)n1nc(C)c(CCC(C)C)c1C. The van der Waals surface area contributed by atoms with E-state index in [1.165, 1.54) is 10.2 Å². The Hall–Kier alpha value is -1.81. The average molecular weight is 349 g/mol. The van der Waals surface area contributed by atoms with Crippen LogP contribution in [0.15, 0.2) is 18.2 Å². The fourth-order valence-corrected chi connectivity index (χ4v) is 2.91. The van der Waals surface area contributed by atoms with Crippen molar-refractivity contribution in [2.45, 2.75) is 47.5 Å². The summed E-state index contributed by atoms with van der Waals surface area (Å²) >= 11 is 5.93. The minimum Gasteiger partial charge on any atom is -0.483 e. The van der Waals surface area contributed by atoms with Gasteiger partial charge in [-0.3, -0.25) is 4.79 Å². The molecule has 4 nitrogen and oxygen atoms in total. The number of benzene rings is 1. The Morgan fingerprint density at radius 1 is 1.29 bits per heavy atom. The molecule has 130 valence electrons. The first kappa shape index (κ1) is 18.5. The summed E-state index contributed by atoms with van der Waals surface area (Å²) in [5, 5.41) is 5.06. The summed E-state index contributed by atoms with van der Waals surface area (Å²) in [6.45, 7) is 10.1. The van der Waals surface area contributed by atoms with Crippen molar-refractivity contribution < 1.29 is 9.53 Å². The van der Waals surface area contributed by atoms with E-state index in [0.717, 1.165) is 29.8 Å². The highest BCUT2D eigenvalue weighted by Crippen LogP contribution is 2.22. The third-order valence-electron chi connectivity index (χ3n) is 4.14. The first-order chi connectivity index (χ1) is 11.3. The molecule has 5 heteroatoms. The van der Waals surface area contributed by atoms with Gasteiger partial charge in [-0.2, -0.15) is 5.10 Å². The van der Waals surface area contributed by atoms with Gasteiger partial charge in [0.1, 0.15) is 5.75 Å². The van der Waals surface area contributed by atoms with E-state index < -0.39 is 0 Å². The Morgan fingerprint density at radius 2 is 2.00 bits per heavy atom. The van der Waals surface area contributed by atoms with Crippen LogP contribution in [0, 0.1) is 26.7 Å². The minimum absolute atomic E-state index is 0.0476. The van der Waals surface area contributed by atoms with Crippen molar-refractivity contribution in [1.29, 1.82) is 0 Å². The molecule has 0 bridgehead atoms. The molecule has 0 aliphatic heterocycles. The summed E-state index contributed by atoms with van der Waals surface area (Å²) < 4.78 is 7.11. The molecule has 0 saturated carbocycles. The van der Waals surface area contributed by atoms with Crippen LogP contribution in [0.1, 0.15) is 47.6 Å². The first-order valence-corrected chi connectivity index (χ1v) is 8.64. The number of rotatable bonds is 6. The zero-order valence-electron chi connectivity index (χ0n) is 15.0. The van der Waals surface area contributed by atoms with E-state index in [0.29, 0.717) is 16.7 Å². The standard InChI is InChI=1S/C19H25ClN2O2/c1-12(2)6-8-17-14(4)21-22(15(17)5)19(23)11-24-18-9-7-16(20)10-13(18)3/h7,9-10,12H,6,8,11H2,1-5H3. The quantitative estimate of drug-likeness (QED) is 0.755. The van der Waals surface area contributed by atoms with E-state index >= 15 is 0 Å². The number of halogens is 1. The predicted molar refractivity (Wildman–Crippen MR) is 97.2 cm³/mol. The van der Waals surface area contributed by atoms with Crippen molar-refractivity contribution in [1.82, 2.24) is 9.78 Å². The summed E-state index contributed by atoms with van der Waals surface area (Å²) in [6.07, 6.45) is 2.03. The second kappa shape index (κ2) is 7.84. The molecular weight excluding hydrogens is 324 g/mol. The highest BCUT2D eigenvalue weighted by molar-refractivity contribution is 6.30. The third-order valence-corrected chi connectivity index (χ3v) is 4.37. The minimum atomic E-state index is -0.166. The molecule has 1 aromatic carbocycles. The molecule has 0 N–H and O–H groups in total. The summed E-state index contributed by atoms with van der Waals surface area (Å²) in [7, 11) is 0. The number of carbonyl (C=O) groups is 1. The molecule has 24 heavy (non-hydrogen) atoms. The Bertz CT molecular complexity index is 735. The van der Waals surface area contributed by atoms with E-state index in [9.17, 15) is 4.79 Å². The van der Waals surface area contributed by atoms with Crippen LogP contribution >= 0.6 is 11.6 Å². The van der Waals surface area contributed by atoms with Crippen LogP contribution in [-0.4, -0.2) is 22.3 Å². The number of hydrogen-bond donors (Lipinski definition) is 0. The van der Waals surface area contributed by atoms with Crippen LogP contribution in [0.4, 0.5) is 0 Å². The fourth-order valence-electron chi connectivity index (χ4n) is 2.69. The number of ether oxygens (including phenoxy) is 1. The molecule has 0 saturated heterocycles. The lowest BCUT2D eigenvalue weighted by Crippen LogP contribution is -2.22. The largest absolute Gasteiger partial charge is 0.483 e. The van der Waals surface area contributed by atoms with Gasteiger partial charge in [0.15, 0.2) is 6.61 Å². The van der Waals surface area contributed by atoms with E-state index in [1.807, 2.05) is 26.8 Å². The van der Waals surface area contributed by atoms with Gasteiger partial charge >= 0.3 is 0 Å².